The van der Waals surface area contributed by atoms with Gasteiger partial charge in [-0.15, -0.1) is 0 Å². The largest absolute Gasteiger partial charge is 0.490 e. The average molecular weight is 377 g/mol. The Bertz CT molecular complexity index is 909. The number of hydrogen-bond acceptors (Lipinski definition) is 4. The topological polar surface area (TPSA) is 43.2 Å². The van der Waals surface area contributed by atoms with E-state index < -0.39 is 0 Å². The number of rotatable bonds is 5. The van der Waals surface area contributed by atoms with Crippen LogP contribution in [0.4, 0.5) is 0 Å². The first kappa shape index (κ1) is 17.7. The fourth-order valence-electron chi connectivity index (χ4n) is 4.78. The van der Waals surface area contributed by atoms with Gasteiger partial charge in [0.25, 0.3) is 0 Å². The average Bonchev–Trinajstić information content (AvgIpc) is 3.40. The predicted octanol–water partition coefficient (Wildman–Crippen LogP) is 4.59. The van der Waals surface area contributed by atoms with Crippen molar-refractivity contribution in [3.63, 3.8) is 0 Å². The van der Waals surface area contributed by atoms with E-state index in [0.29, 0.717) is 12.1 Å². The summed E-state index contributed by atoms with van der Waals surface area (Å²) in [6, 6.07) is 13.4. The summed E-state index contributed by atoms with van der Waals surface area (Å²) in [5, 5.41) is 9.44. The van der Waals surface area contributed by atoms with E-state index in [4.69, 9.17) is 4.74 Å². The molecule has 0 bridgehead atoms. The van der Waals surface area contributed by atoms with Crippen LogP contribution >= 0.6 is 0 Å². The number of benzene rings is 1. The second-order valence-electron chi connectivity index (χ2n) is 8.16. The second kappa shape index (κ2) is 7.92. The molecule has 2 aromatic heterocycles. The highest BCUT2D eigenvalue weighted by Gasteiger charge is 2.23. The lowest BCUT2D eigenvalue weighted by Crippen LogP contribution is -2.38. The molecule has 1 aliphatic heterocycles. The highest BCUT2D eigenvalue weighted by atomic mass is 16.5. The van der Waals surface area contributed by atoms with Crippen LogP contribution in [0.25, 0.3) is 10.9 Å². The maximum Gasteiger partial charge on any atom is 0.129 e. The Morgan fingerprint density at radius 3 is 2.61 bits per heavy atom. The van der Waals surface area contributed by atoms with E-state index >= 15 is 0 Å². The van der Waals surface area contributed by atoms with Crippen molar-refractivity contribution in [3.8, 4) is 5.75 Å². The summed E-state index contributed by atoms with van der Waals surface area (Å²) in [5.41, 5.74) is 2.37. The maximum absolute atomic E-state index is 6.48. The van der Waals surface area contributed by atoms with Crippen LogP contribution in [0.15, 0.2) is 48.8 Å². The molecule has 0 amide bonds. The van der Waals surface area contributed by atoms with Crippen molar-refractivity contribution in [1.82, 2.24) is 19.7 Å². The van der Waals surface area contributed by atoms with Crippen molar-refractivity contribution in [3.05, 3.63) is 54.5 Å². The molecule has 5 heteroatoms. The van der Waals surface area contributed by atoms with Gasteiger partial charge in [-0.25, -0.2) is 0 Å². The fraction of sp³-hybridized carbons (Fsp3) is 0.478. The Morgan fingerprint density at radius 1 is 0.964 bits per heavy atom. The Kier molecular flexibility index (Phi) is 5.00. The molecule has 0 radical (unpaired) electrons. The molecule has 0 atom stereocenters. The van der Waals surface area contributed by atoms with Gasteiger partial charge < -0.3 is 9.30 Å². The molecule has 0 unspecified atom stereocenters. The Balaban J connectivity index is 1.24. The standard InChI is InChI=1S/C23H28N4O/c1-2-7-19(6-1)27-16-12-21-22(27)8-3-9-23(21)28-20-10-14-26(15-11-20)17-18-5-4-13-24-25-18/h3-5,8-9,12-13,16,19-20H,1-2,6-7,10-11,14-15,17H2. The molecule has 1 aromatic carbocycles. The molecule has 1 saturated carbocycles. The van der Waals surface area contributed by atoms with E-state index in [0.717, 1.165) is 43.9 Å². The minimum atomic E-state index is 0.290. The van der Waals surface area contributed by atoms with Crippen LogP contribution in [-0.4, -0.2) is 38.9 Å². The summed E-state index contributed by atoms with van der Waals surface area (Å²) in [5.74, 6) is 1.04. The number of piperidine rings is 1. The third-order valence-corrected chi connectivity index (χ3v) is 6.28. The van der Waals surface area contributed by atoms with E-state index in [9.17, 15) is 0 Å². The first-order valence-electron chi connectivity index (χ1n) is 10.6. The fourth-order valence-corrected chi connectivity index (χ4v) is 4.78. The summed E-state index contributed by atoms with van der Waals surface area (Å²) >= 11 is 0. The summed E-state index contributed by atoms with van der Waals surface area (Å²) in [6.45, 7) is 2.96. The van der Waals surface area contributed by atoms with Crippen LogP contribution in [0, 0.1) is 0 Å². The summed E-state index contributed by atoms with van der Waals surface area (Å²) in [7, 11) is 0. The van der Waals surface area contributed by atoms with Gasteiger partial charge in [0.1, 0.15) is 11.9 Å². The molecule has 5 nitrogen and oxygen atoms in total. The Labute approximate surface area is 166 Å². The van der Waals surface area contributed by atoms with E-state index in [1.54, 1.807) is 6.20 Å². The van der Waals surface area contributed by atoms with Crippen molar-refractivity contribution in [2.75, 3.05) is 13.1 Å². The van der Waals surface area contributed by atoms with E-state index in [1.165, 1.54) is 36.6 Å². The summed E-state index contributed by atoms with van der Waals surface area (Å²) < 4.78 is 8.95. The van der Waals surface area contributed by atoms with Crippen molar-refractivity contribution < 1.29 is 4.74 Å². The van der Waals surface area contributed by atoms with E-state index in [1.807, 2.05) is 12.1 Å². The number of aromatic nitrogens is 3. The lowest BCUT2D eigenvalue weighted by atomic mass is 10.1. The molecule has 1 aliphatic carbocycles. The molecule has 0 N–H and O–H groups in total. The lowest BCUT2D eigenvalue weighted by molar-refractivity contribution is 0.0971. The van der Waals surface area contributed by atoms with Gasteiger partial charge in [0.2, 0.25) is 0 Å². The molecule has 3 aromatic rings. The normalized spacial score (nSPS) is 19.4. The lowest BCUT2D eigenvalue weighted by Gasteiger charge is -2.32. The third-order valence-electron chi connectivity index (χ3n) is 6.28. The Hall–Kier alpha value is -2.40. The molecule has 2 aliphatic rings. The number of nitrogens with zero attached hydrogens (tertiary/aromatic N) is 4. The highest BCUT2D eigenvalue weighted by molar-refractivity contribution is 5.86. The van der Waals surface area contributed by atoms with Gasteiger partial charge >= 0.3 is 0 Å². The van der Waals surface area contributed by atoms with Crippen LogP contribution in [0.2, 0.25) is 0 Å². The Morgan fingerprint density at radius 2 is 1.82 bits per heavy atom. The second-order valence-corrected chi connectivity index (χ2v) is 8.16. The number of ether oxygens (including phenoxy) is 1. The van der Waals surface area contributed by atoms with E-state index in [2.05, 4.69) is 50.1 Å². The molecule has 0 spiro atoms. The molecule has 1 saturated heterocycles. The molecule has 146 valence electrons. The molecular weight excluding hydrogens is 348 g/mol. The molecular formula is C23H28N4O. The minimum Gasteiger partial charge on any atom is -0.490 e. The van der Waals surface area contributed by atoms with Gasteiger partial charge in [-0.1, -0.05) is 18.9 Å². The highest BCUT2D eigenvalue weighted by Crippen LogP contribution is 2.36. The monoisotopic (exact) mass is 376 g/mol. The van der Waals surface area contributed by atoms with Crippen LogP contribution < -0.4 is 4.74 Å². The van der Waals surface area contributed by atoms with Crippen LogP contribution in [0.1, 0.15) is 50.3 Å². The molecule has 28 heavy (non-hydrogen) atoms. The van der Waals surface area contributed by atoms with Gasteiger partial charge in [-0.3, -0.25) is 4.90 Å². The molecule has 3 heterocycles. The van der Waals surface area contributed by atoms with Crippen molar-refractivity contribution in [2.24, 2.45) is 0 Å². The van der Waals surface area contributed by atoms with E-state index in [-0.39, 0.29) is 0 Å². The maximum atomic E-state index is 6.48. The van der Waals surface area contributed by atoms with Crippen molar-refractivity contribution >= 4 is 10.9 Å². The van der Waals surface area contributed by atoms with Gasteiger partial charge in [0.15, 0.2) is 0 Å². The van der Waals surface area contributed by atoms with Gasteiger partial charge in [-0.2, -0.15) is 10.2 Å². The van der Waals surface area contributed by atoms with Crippen LogP contribution in [0.3, 0.4) is 0 Å². The van der Waals surface area contributed by atoms with Gasteiger partial charge in [0, 0.05) is 43.5 Å². The molecule has 2 fully saturated rings. The quantitative estimate of drug-likeness (QED) is 0.653. The zero-order valence-corrected chi connectivity index (χ0v) is 16.3. The number of likely N-dealkylation sites (tertiary alicyclic amines) is 1. The SMILES string of the molecule is c1cnnc(CN2CCC(Oc3cccc4c3ccn4C3CCCC3)CC2)c1. The minimum absolute atomic E-state index is 0.290. The summed E-state index contributed by atoms with van der Waals surface area (Å²) in [6.07, 6.45) is 11.7. The first-order valence-corrected chi connectivity index (χ1v) is 10.6. The smallest absolute Gasteiger partial charge is 0.129 e. The van der Waals surface area contributed by atoms with Crippen molar-refractivity contribution in [2.45, 2.75) is 57.2 Å². The first-order chi connectivity index (χ1) is 13.9. The third kappa shape index (κ3) is 3.63. The van der Waals surface area contributed by atoms with Crippen molar-refractivity contribution in [1.29, 1.82) is 0 Å². The van der Waals surface area contributed by atoms with Gasteiger partial charge in [-0.05, 0) is 56.0 Å². The molecule has 5 rings (SSSR count). The number of fused-ring (bicyclic) bond motifs is 1. The zero-order chi connectivity index (χ0) is 18.8. The van der Waals surface area contributed by atoms with Crippen LogP contribution in [-0.2, 0) is 6.54 Å². The summed E-state index contributed by atoms with van der Waals surface area (Å²) in [4.78, 5) is 2.45. The zero-order valence-electron chi connectivity index (χ0n) is 16.3. The number of hydrogen-bond donors (Lipinski definition) is 0. The predicted molar refractivity (Wildman–Crippen MR) is 110 cm³/mol. The van der Waals surface area contributed by atoms with Gasteiger partial charge in [0.05, 0.1) is 11.2 Å². The van der Waals surface area contributed by atoms with Crippen LogP contribution in [0.5, 0.6) is 5.75 Å².